The summed E-state index contributed by atoms with van der Waals surface area (Å²) in [7, 11) is -3.37. The first kappa shape index (κ1) is 20.1. The third-order valence-corrected chi connectivity index (χ3v) is 5.61. The van der Waals surface area contributed by atoms with Crippen LogP contribution >= 0.6 is 11.3 Å². The first-order valence-corrected chi connectivity index (χ1v) is 10.4. The predicted molar refractivity (Wildman–Crippen MR) is 98.3 cm³/mol. The van der Waals surface area contributed by atoms with Gasteiger partial charge in [0.05, 0.1) is 20.7 Å². The van der Waals surface area contributed by atoms with E-state index in [0.29, 0.717) is 10.2 Å². The summed E-state index contributed by atoms with van der Waals surface area (Å²) in [5.74, 6) is -0.702. The number of alkyl halides is 3. The van der Waals surface area contributed by atoms with E-state index in [0.717, 1.165) is 29.7 Å². The molecule has 11 heteroatoms. The topological polar surface area (TPSA) is 85.4 Å². The van der Waals surface area contributed by atoms with Crippen LogP contribution in [0.1, 0.15) is 5.56 Å². The van der Waals surface area contributed by atoms with Gasteiger partial charge in [0, 0.05) is 6.26 Å². The molecule has 1 aromatic heterocycles. The minimum absolute atomic E-state index is 0.0907. The van der Waals surface area contributed by atoms with Crippen LogP contribution in [-0.4, -0.2) is 32.2 Å². The second-order valence-electron chi connectivity index (χ2n) is 5.78. The van der Waals surface area contributed by atoms with Gasteiger partial charge >= 0.3 is 6.18 Å². The quantitative estimate of drug-likeness (QED) is 0.667. The van der Waals surface area contributed by atoms with Crippen molar-refractivity contribution in [2.24, 2.45) is 0 Å². The lowest BCUT2D eigenvalue weighted by atomic mass is 10.2. The second kappa shape index (κ2) is 7.40. The smallest absolute Gasteiger partial charge is 0.416 e. The van der Waals surface area contributed by atoms with Crippen LogP contribution in [-0.2, 0) is 20.8 Å². The summed E-state index contributed by atoms with van der Waals surface area (Å²) < 4.78 is 66.9. The van der Waals surface area contributed by atoms with Gasteiger partial charge in [-0.25, -0.2) is 13.4 Å². The summed E-state index contributed by atoms with van der Waals surface area (Å²) in [6, 6.07) is 8.60. The van der Waals surface area contributed by atoms with Crippen molar-refractivity contribution in [2.75, 3.05) is 18.2 Å². The number of amides is 1. The molecule has 0 aliphatic heterocycles. The standard InChI is InChI=1S/C17H13F3N2O4S2/c1-28(24,25)12-5-6-13-14(8-12)27-16(21-13)22-15(23)9-26-11-4-2-3-10(7-11)17(18,19)20/h2-8H,9H2,1H3,(H,21,22,23). The summed E-state index contributed by atoms with van der Waals surface area (Å²) >= 11 is 1.07. The third kappa shape index (κ3) is 4.78. The monoisotopic (exact) mass is 430 g/mol. The summed E-state index contributed by atoms with van der Waals surface area (Å²) in [4.78, 5) is 16.3. The number of carbonyl (C=O) groups is 1. The average Bonchev–Trinajstić information content (AvgIpc) is 3.00. The molecule has 0 saturated carbocycles. The van der Waals surface area contributed by atoms with Crippen molar-refractivity contribution in [3.05, 3.63) is 48.0 Å². The molecule has 2 aromatic carbocycles. The fourth-order valence-corrected chi connectivity index (χ4v) is 3.90. The molecular formula is C17H13F3N2O4S2. The van der Waals surface area contributed by atoms with E-state index in [9.17, 15) is 26.4 Å². The Morgan fingerprint density at radius 1 is 1.21 bits per heavy atom. The van der Waals surface area contributed by atoms with Gasteiger partial charge in [-0.05, 0) is 36.4 Å². The number of hydrogen-bond donors (Lipinski definition) is 1. The van der Waals surface area contributed by atoms with Crippen LogP contribution < -0.4 is 10.1 Å². The predicted octanol–water partition coefficient (Wildman–Crippen LogP) is 3.74. The van der Waals surface area contributed by atoms with Gasteiger partial charge in [-0.15, -0.1) is 0 Å². The van der Waals surface area contributed by atoms with Gasteiger partial charge in [-0.2, -0.15) is 13.2 Å². The highest BCUT2D eigenvalue weighted by Crippen LogP contribution is 2.31. The van der Waals surface area contributed by atoms with Crippen molar-refractivity contribution in [3.63, 3.8) is 0 Å². The number of nitrogens with one attached hydrogen (secondary N) is 1. The number of thiazole rings is 1. The molecule has 1 N–H and O–H groups in total. The largest absolute Gasteiger partial charge is 0.484 e. The second-order valence-corrected chi connectivity index (χ2v) is 8.83. The number of ether oxygens (including phenoxy) is 1. The van der Waals surface area contributed by atoms with Crippen LogP contribution in [0.4, 0.5) is 18.3 Å². The van der Waals surface area contributed by atoms with Crippen molar-refractivity contribution in [3.8, 4) is 5.75 Å². The Balaban J connectivity index is 1.67. The van der Waals surface area contributed by atoms with Crippen molar-refractivity contribution >= 4 is 42.4 Å². The maximum Gasteiger partial charge on any atom is 0.416 e. The molecule has 0 aliphatic rings. The van der Waals surface area contributed by atoms with Crippen molar-refractivity contribution in [1.29, 1.82) is 0 Å². The van der Waals surface area contributed by atoms with E-state index in [2.05, 4.69) is 10.3 Å². The maximum absolute atomic E-state index is 12.7. The Bertz CT molecular complexity index is 1140. The molecule has 0 atom stereocenters. The molecule has 0 saturated heterocycles. The van der Waals surface area contributed by atoms with Gasteiger partial charge < -0.3 is 4.74 Å². The number of sulfone groups is 1. The van der Waals surface area contributed by atoms with Gasteiger partial charge in [-0.3, -0.25) is 10.1 Å². The number of hydrogen-bond acceptors (Lipinski definition) is 6. The molecule has 0 spiro atoms. The van der Waals surface area contributed by atoms with E-state index < -0.39 is 34.1 Å². The van der Waals surface area contributed by atoms with Gasteiger partial charge in [0.25, 0.3) is 5.91 Å². The van der Waals surface area contributed by atoms with E-state index in [1.54, 1.807) is 0 Å². The van der Waals surface area contributed by atoms with Crippen LogP contribution in [0.2, 0.25) is 0 Å². The molecule has 28 heavy (non-hydrogen) atoms. The Morgan fingerprint density at radius 3 is 2.64 bits per heavy atom. The molecule has 1 heterocycles. The van der Waals surface area contributed by atoms with Crippen molar-refractivity contribution < 1.29 is 31.1 Å². The fraction of sp³-hybridized carbons (Fsp3) is 0.176. The molecule has 6 nitrogen and oxygen atoms in total. The van der Waals surface area contributed by atoms with E-state index in [1.165, 1.54) is 30.3 Å². The van der Waals surface area contributed by atoms with E-state index >= 15 is 0 Å². The van der Waals surface area contributed by atoms with E-state index in [1.807, 2.05) is 0 Å². The number of nitrogens with zero attached hydrogens (tertiary/aromatic N) is 1. The molecule has 3 rings (SSSR count). The van der Waals surface area contributed by atoms with Crippen LogP contribution in [0.25, 0.3) is 10.2 Å². The molecule has 3 aromatic rings. The SMILES string of the molecule is CS(=O)(=O)c1ccc2nc(NC(=O)COc3cccc(C(F)(F)F)c3)sc2c1. The summed E-state index contributed by atoms with van der Waals surface area (Å²) in [5.41, 5.74) is -0.371. The number of anilines is 1. The molecule has 148 valence electrons. The number of carbonyl (C=O) groups excluding carboxylic acids is 1. The maximum atomic E-state index is 12.7. The van der Waals surface area contributed by atoms with Crippen molar-refractivity contribution in [1.82, 2.24) is 4.98 Å². The van der Waals surface area contributed by atoms with Gasteiger partial charge in [0.15, 0.2) is 21.6 Å². The molecular weight excluding hydrogens is 417 g/mol. The Hall–Kier alpha value is -2.66. The molecule has 0 fully saturated rings. The number of fused-ring (bicyclic) bond motifs is 1. The fourth-order valence-electron chi connectivity index (χ4n) is 2.26. The summed E-state index contributed by atoms with van der Waals surface area (Å²) in [6.45, 7) is -0.508. The number of rotatable bonds is 5. The lowest BCUT2D eigenvalue weighted by molar-refractivity contribution is -0.137. The lowest BCUT2D eigenvalue weighted by Crippen LogP contribution is -2.20. The van der Waals surface area contributed by atoms with E-state index in [4.69, 9.17) is 4.74 Å². The van der Waals surface area contributed by atoms with Crippen LogP contribution in [0.5, 0.6) is 5.75 Å². The highest BCUT2D eigenvalue weighted by Gasteiger charge is 2.30. The zero-order chi connectivity index (χ0) is 20.5. The lowest BCUT2D eigenvalue weighted by Gasteiger charge is -2.09. The molecule has 0 unspecified atom stereocenters. The minimum Gasteiger partial charge on any atom is -0.484 e. The van der Waals surface area contributed by atoms with Crippen LogP contribution in [0.15, 0.2) is 47.4 Å². The van der Waals surface area contributed by atoms with Gasteiger partial charge in [-0.1, -0.05) is 17.4 Å². The average molecular weight is 430 g/mol. The number of aromatic nitrogens is 1. The first-order valence-electron chi connectivity index (χ1n) is 7.73. The molecule has 0 radical (unpaired) electrons. The van der Waals surface area contributed by atoms with E-state index in [-0.39, 0.29) is 15.8 Å². The summed E-state index contributed by atoms with van der Waals surface area (Å²) in [6.07, 6.45) is -3.42. The Labute approximate surface area is 161 Å². The summed E-state index contributed by atoms with van der Waals surface area (Å²) in [5, 5.41) is 2.70. The normalized spacial score (nSPS) is 12.1. The highest BCUT2D eigenvalue weighted by molar-refractivity contribution is 7.90. The van der Waals surface area contributed by atoms with Gasteiger partial charge in [0.2, 0.25) is 0 Å². The Kier molecular flexibility index (Phi) is 5.31. The zero-order valence-electron chi connectivity index (χ0n) is 14.3. The number of halogens is 3. The van der Waals surface area contributed by atoms with Crippen LogP contribution in [0, 0.1) is 0 Å². The minimum atomic E-state index is -4.51. The molecule has 0 aliphatic carbocycles. The van der Waals surface area contributed by atoms with Gasteiger partial charge in [0.1, 0.15) is 5.75 Å². The molecule has 1 amide bonds. The highest BCUT2D eigenvalue weighted by atomic mass is 32.2. The van der Waals surface area contributed by atoms with Crippen LogP contribution in [0.3, 0.4) is 0 Å². The Morgan fingerprint density at radius 2 is 1.96 bits per heavy atom. The molecule has 0 bridgehead atoms. The first-order chi connectivity index (χ1) is 13.0. The number of benzene rings is 2. The zero-order valence-corrected chi connectivity index (χ0v) is 15.9. The van der Waals surface area contributed by atoms with Crippen molar-refractivity contribution in [2.45, 2.75) is 11.1 Å². The third-order valence-electron chi connectivity index (χ3n) is 3.57.